The fraction of sp³-hybridized carbons (Fsp3) is 0.174. The molecule has 9 heteroatoms. The van der Waals surface area contributed by atoms with Gasteiger partial charge in [0.25, 0.3) is 0 Å². The van der Waals surface area contributed by atoms with Crippen molar-refractivity contribution in [2.45, 2.75) is 19.3 Å². The average Bonchev–Trinajstić information content (AvgIpc) is 3.03. The second kappa shape index (κ2) is 10.1. The normalized spacial score (nSPS) is 15.9. The fourth-order valence-electron chi connectivity index (χ4n) is 3.17. The molecule has 168 valence electrons. The minimum Gasteiger partial charge on any atom is -0.406 e. The van der Waals surface area contributed by atoms with Gasteiger partial charge in [-0.2, -0.15) is 0 Å². The van der Waals surface area contributed by atoms with E-state index in [1.54, 1.807) is 40.1 Å². The van der Waals surface area contributed by atoms with E-state index >= 15 is 0 Å². The first-order chi connectivity index (χ1) is 15.1. The minimum atomic E-state index is -4.60. The lowest BCUT2D eigenvalue weighted by Crippen LogP contribution is -2.33. The van der Waals surface area contributed by atoms with E-state index in [0.717, 1.165) is 11.4 Å². The summed E-state index contributed by atoms with van der Waals surface area (Å²) >= 11 is 11.8. The summed E-state index contributed by atoms with van der Waals surface area (Å²) in [5, 5.41) is 1.32. The Hall–Kier alpha value is -2.90. The van der Waals surface area contributed by atoms with Crippen LogP contribution in [-0.2, 0) is 0 Å². The van der Waals surface area contributed by atoms with E-state index in [0.29, 0.717) is 16.6 Å². The van der Waals surface area contributed by atoms with Gasteiger partial charge in [0.15, 0.2) is 0 Å². The van der Waals surface area contributed by atoms with Gasteiger partial charge >= 0.3 is 12.4 Å². The highest BCUT2D eigenvalue weighted by Gasteiger charge is 2.36. The zero-order chi connectivity index (χ0) is 23.3. The van der Waals surface area contributed by atoms with Crippen molar-refractivity contribution in [3.05, 3.63) is 88.9 Å². The monoisotopic (exact) mass is 482 g/mol. The molecule has 1 fully saturated rings. The number of halogens is 5. The molecule has 0 spiro atoms. The van der Waals surface area contributed by atoms with Crippen molar-refractivity contribution in [2.24, 2.45) is 0 Å². The number of para-hydroxylation sites is 1. The first kappa shape index (κ1) is 23.8. The highest BCUT2D eigenvalue weighted by atomic mass is 35.5. The number of anilines is 2. The van der Waals surface area contributed by atoms with Crippen molar-refractivity contribution in [1.82, 2.24) is 0 Å². The predicted molar refractivity (Wildman–Crippen MR) is 121 cm³/mol. The maximum atomic E-state index is 12.7. The Morgan fingerprint density at radius 2 is 1.34 bits per heavy atom. The number of urea groups is 1. The van der Waals surface area contributed by atoms with E-state index in [9.17, 15) is 18.0 Å². The third-order valence-electron chi connectivity index (χ3n) is 4.54. The van der Waals surface area contributed by atoms with E-state index in [2.05, 4.69) is 4.74 Å². The van der Waals surface area contributed by atoms with Crippen molar-refractivity contribution in [1.29, 1.82) is 0 Å². The molecule has 0 radical (unpaired) electrons. The van der Waals surface area contributed by atoms with Crippen LogP contribution in [0, 0.1) is 0 Å². The summed E-state index contributed by atoms with van der Waals surface area (Å²) in [7, 11) is 0. The van der Waals surface area contributed by atoms with Gasteiger partial charge in [-0.15, -0.1) is 13.2 Å². The molecule has 1 atom stereocenters. The third kappa shape index (κ3) is 6.31. The predicted octanol–water partition coefficient (Wildman–Crippen LogP) is 7.41. The molecular weight excluding hydrogens is 464 g/mol. The molecule has 0 saturated carbocycles. The molecule has 1 aliphatic rings. The van der Waals surface area contributed by atoms with Crippen molar-refractivity contribution in [3.63, 3.8) is 0 Å². The van der Waals surface area contributed by atoms with Crippen LogP contribution in [0.25, 0.3) is 0 Å². The lowest BCUT2D eigenvalue weighted by Gasteiger charge is -2.21. The molecule has 1 heterocycles. The number of amides is 2. The van der Waals surface area contributed by atoms with Gasteiger partial charge in [-0.3, -0.25) is 9.80 Å². The molecule has 4 nitrogen and oxygen atoms in total. The third-order valence-corrected chi connectivity index (χ3v) is 5.05. The van der Waals surface area contributed by atoms with Crippen LogP contribution in [0.3, 0.4) is 0 Å². The molecule has 4 rings (SSSR count). The van der Waals surface area contributed by atoms with Crippen LogP contribution in [0.1, 0.15) is 6.92 Å². The smallest absolute Gasteiger partial charge is 0.406 e. The molecule has 3 aromatic carbocycles. The zero-order valence-electron chi connectivity index (χ0n) is 16.9. The van der Waals surface area contributed by atoms with Crippen LogP contribution in [0.2, 0.25) is 10.0 Å². The van der Waals surface area contributed by atoms with Crippen LogP contribution < -0.4 is 14.5 Å². The van der Waals surface area contributed by atoms with E-state index < -0.39 is 6.36 Å². The van der Waals surface area contributed by atoms with Crippen LogP contribution in [0.5, 0.6) is 5.75 Å². The first-order valence-corrected chi connectivity index (χ1v) is 10.3. The quantitative estimate of drug-likeness (QED) is 0.389. The van der Waals surface area contributed by atoms with Gasteiger partial charge in [0, 0.05) is 28.0 Å². The summed E-state index contributed by atoms with van der Waals surface area (Å²) in [5.74, 6) is -0.194. The summed E-state index contributed by atoms with van der Waals surface area (Å²) < 4.78 is 38.2. The molecular formula is C23H19Cl2F3N2O2. The van der Waals surface area contributed by atoms with Gasteiger partial charge in [0.2, 0.25) is 0 Å². The maximum absolute atomic E-state index is 12.7. The van der Waals surface area contributed by atoms with Gasteiger partial charge in [0.05, 0.1) is 6.04 Å². The van der Waals surface area contributed by atoms with E-state index in [4.69, 9.17) is 23.2 Å². The van der Waals surface area contributed by atoms with Crippen molar-refractivity contribution in [2.75, 3.05) is 16.3 Å². The molecule has 1 saturated heterocycles. The number of ether oxygens (including phenoxy) is 1. The second-order valence-corrected chi connectivity index (χ2v) is 7.80. The van der Waals surface area contributed by atoms with Crippen molar-refractivity contribution < 1.29 is 22.7 Å². The molecule has 32 heavy (non-hydrogen) atoms. The minimum absolute atomic E-state index is 0.0351. The second-order valence-electron chi connectivity index (χ2n) is 6.93. The summed E-state index contributed by atoms with van der Waals surface area (Å²) in [4.78, 5) is 16.2. The number of hydrogen-bond donors (Lipinski definition) is 0. The number of carbonyl (C=O) groups is 1. The van der Waals surface area contributed by atoms with Crippen LogP contribution in [-0.4, -0.2) is 25.0 Å². The number of carbonyl (C=O) groups excluding carboxylic acids is 1. The molecule has 0 bridgehead atoms. The van der Waals surface area contributed by atoms with Gasteiger partial charge < -0.3 is 4.74 Å². The summed E-state index contributed by atoms with van der Waals surface area (Å²) in [6.07, 6.45) is -4.60. The van der Waals surface area contributed by atoms with Gasteiger partial charge in [-0.1, -0.05) is 41.4 Å². The number of alkyl halides is 3. The van der Waals surface area contributed by atoms with Crippen LogP contribution in [0.4, 0.5) is 29.3 Å². The Balaban J connectivity index is 0.000000222. The number of rotatable bonds is 3. The number of hydrogen-bond acceptors (Lipinski definition) is 2. The number of benzene rings is 3. The first-order valence-electron chi connectivity index (χ1n) is 9.57. The van der Waals surface area contributed by atoms with Crippen molar-refractivity contribution >= 4 is 40.6 Å². The largest absolute Gasteiger partial charge is 0.573 e. The van der Waals surface area contributed by atoms with Crippen LogP contribution in [0.15, 0.2) is 78.9 Å². The van der Waals surface area contributed by atoms with E-state index in [-0.39, 0.29) is 17.8 Å². The highest BCUT2D eigenvalue weighted by Crippen LogP contribution is 2.30. The van der Waals surface area contributed by atoms with E-state index in [1.807, 2.05) is 31.2 Å². The highest BCUT2D eigenvalue weighted by molar-refractivity contribution is 6.31. The summed E-state index contributed by atoms with van der Waals surface area (Å²) in [5.41, 5.74) is 1.71. The maximum Gasteiger partial charge on any atom is 0.573 e. The van der Waals surface area contributed by atoms with Crippen LogP contribution >= 0.6 is 23.2 Å². The molecule has 2 amide bonds. The average molecular weight is 483 g/mol. The van der Waals surface area contributed by atoms with Gasteiger partial charge in [-0.25, -0.2) is 4.79 Å². The summed E-state index contributed by atoms with van der Waals surface area (Å²) in [6.45, 7) is 2.67. The Morgan fingerprint density at radius 1 is 0.844 bits per heavy atom. The Bertz CT molecular complexity index is 1030. The molecule has 0 aromatic heterocycles. The Morgan fingerprint density at radius 3 is 1.84 bits per heavy atom. The Labute approximate surface area is 193 Å². The standard InChI is InChI=1S/C16H14Cl2N2O.C7H5F3O/c1-11-10-19(14-6-2-12(17)3-7-14)16(21)20(11)15-8-4-13(18)5-9-15;8-7(9,10)11-6-4-2-1-3-5-6/h2-9,11H,10H2,1H3;1-5H. The molecule has 0 aliphatic carbocycles. The molecule has 1 aliphatic heterocycles. The topological polar surface area (TPSA) is 32.8 Å². The molecule has 0 N–H and O–H groups in total. The Kier molecular flexibility index (Phi) is 7.53. The lowest BCUT2D eigenvalue weighted by atomic mass is 10.2. The zero-order valence-corrected chi connectivity index (χ0v) is 18.4. The summed E-state index contributed by atoms with van der Waals surface area (Å²) in [6, 6.07) is 21.7. The molecule has 3 aromatic rings. The van der Waals surface area contributed by atoms with Gasteiger partial charge in [-0.05, 0) is 67.6 Å². The number of nitrogens with zero attached hydrogens (tertiary/aromatic N) is 2. The fourth-order valence-corrected chi connectivity index (χ4v) is 3.42. The van der Waals surface area contributed by atoms with Crippen molar-refractivity contribution in [3.8, 4) is 5.75 Å². The lowest BCUT2D eigenvalue weighted by molar-refractivity contribution is -0.274. The van der Waals surface area contributed by atoms with Gasteiger partial charge in [0.1, 0.15) is 5.75 Å². The van der Waals surface area contributed by atoms with E-state index in [1.165, 1.54) is 24.3 Å². The SMILES string of the molecule is CC1CN(c2ccc(Cl)cc2)C(=O)N1c1ccc(Cl)cc1.FC(F)(F)Oc1ccccc1. The molecule has 1 unspecified atom stereocenters.